The molecule has 0 aliphatic heterocycles. The number of pyridine rings is 1. The highest BCUT2D eigenvalue weighted by atomic mass is 16.3. The van der Waals surface area contributed by atoms with E-state index in [1.165, 1.54) is 6.20 Å². The van der Waals surface area contributed by atoms with Crippen molar-refractivity contribution < 1.29 is 9.90 Å². The van der Waals surface area contributed by atoms with Gasteiger partial charge in [0.2, 0.25) is 0 Å². The van der Waals surface area contributed by atoms with Crippen LogP contribution in [-0.4, -0.2) is 38.3 Å². The molecule has 0 radical (unpaired) electrons. The number of fused-ring (bicyclic) bond motifs is 1. The molecule has 3 rings (SSSR count). The minimum Gasteiger partial charge on any atom is -0.394 e. The second kappa shape index (κ2) is 4.56. The first-order valence-electron chi connectivity index (χ1n) is 6.77. The van der Waals surface area contributed by atoms with E-state index in [4.69, 9.17) is 0 Å². The van der Waals surface area contributed by atoms with Crippen LogP contribution in [0.2, 0.25) is 0 Å². The second-order valence-corrected chi connectivity index (χ2v) is 5.75. The number of nitrogens with one attached hydrogen (secondary N) is 2. The number of nitrogens with zero attached hydrogens (tertiary/aromatic N) is 2. The van der Waals surface area contributed by atoms with Crippen LogP contribution in [0.4, 0.5) is 0 Å². The van der Waals surface area contributed by atoms with Crippen molar-refractivity contribution in [2.45, 2.75) is 32.2 Å². The van der Waals surface area contributed by atoms with Gasteiger partial charge in [-0.2, -0.15) is 5.10 Å². The molecule has 106 valence electrons. The van der Waals surface area contributed by atoms with Crippen molar-refractivity contribution in [2.24, 2.45) is 5.92 Å². The summed E-state index contributed by atoms with van der Waals surface area (Å²) < 4.78 is 0. The van der Waals surface area contributed by atoms with Crippen molar-refractivity contribution in [2.75, 3.05) is 6.61 Å². The second-order valence-electron chi connectivity index (χ2n) is 5.75. The normalized spacial score (nSPS) is 17.9. The number of aryl methyl sites for hydroxylation is 1. The van der Waals surface area contributed by atoms with Crippen LogP contribution in [0.15, 0.2) is 12.3 Å². The molecule has 20 heavy (non-hydrogen) atoms. The zero-order valence-corrected chi connectivity index (χ0v) is 11.6. The highest BCUT2D eigenvalue weighted by Gasteiger charge is 2.42. The monoisotopic (exact) mass is 274 g/mol. The predicted molar refractivity (Wildman–Crippen MR) is 74.3 cm³/mol. The summed E-state index contributed by atoms with van der Waals surface area (Å²) in [4.78, 5) is 16.5. The van der Waals surface area contributed by atoms with Gasteiger partial charge in [-0.05, 0) is 38.7 Å². The first-order chi connectivity index (χ1) is 9.53. The number of rotatable bonds is 4. The molecule has 0 aromatic carbocycles. The zero-order chi connectivity index (χ0) is 14.3. The lowest BCUT2D eigenvalue weighted by Crippen LogP contribution is -2.50. The number of aromatic nitrogens is 3. The summed E-state index contributed by atoms with van der Waals surface area (Å²) in [7, 11) is 0. The van der Waals surface area contributed by atoms with Crippen molar-refractivity contribution in [3.8, 4) is 0 Å². The third kappa shape index (κ3) is 2.16. The summed E-state index contributed by atoms with van der Waals surface area (Å²) in [6, 6.07) is 1.78. The van der Waals surface area contributed by atoms with Gasteiger partial charge >= 0.3 is 0 Å². The number of carbonyl (C=O) groups is 1. The Morgan fingerprint density at radius 1 is 1.60 bits per heavy atom. The van der Waals surface area contributed by atoms with E-state index >= 15 is 0 Å². The summed E-state index contributed by atoms with van der Waals surface area (Å²) >= 11 is 0. The molecule has 1 aliphatic carbocycles. The number of amides is 1. The fraction of sp³-hybridized carbons (Fsp3) is 0.500. The number of H-pyrrole nitrogens is 1. The van der Waals surface area contributed by atoms with Crippen LogP contribution in [-0.2, 0) is 0 Å². The standard InChI is InChI=1S/C14H18N4O2/c1-8-11-5-9(6-15-12(11)18-17-8)13(20)16-14(2,7-19)10-3-4-10/h5-6,10,19H,3-4,7H2,1-2H3,(H,16,20)(H,15,17,18). The molecule has 0 bridgehead atoms. The summed E-state index contributed by atoms with van der Waals surface area (Å²) in [5.41, 5.74) is 1.43. The van der Waals surface area contributed by atoms with Gasteiger partial charge in [0.1, 0.15) is 0 Å². The van der Waals surface area contributed by atoms with Gasteiger partial charge in [0.25, 0.3) is 5.91 Å². The average Bonchev–Trinajstić information content (AvgIpc) is 3.24. The van der Waals surface area contributed by atoms with E-state index in [2.05, 4.69) is 20.5 Å². The Kier molecular flexibility index (Phi) is 2.97. The van der Waals surface area contributed by atoms with Crippen LogP contribution < -0.4 is 5.32 Å². The van der Waals surface area contributed by atoms with Gasteiger partial charge in [-0.3, -0.25) is 9.89 Å². The van der Waals surface area contributed by atoms with Crippen molar-refractivity contribution in [3.63, 3.8) is 0 Å². The minimum absolute atomic E-state index is 0.0518. The molecule has 2 heterocycles. The molecule has 1 amide bonds. The first kappa shape index (κ1) is 13.1. The number of hydrogen-bond donors (Lipinski definition) is 3. The Morgan fingerprint density at radius 2 is 2.35 bits per heavy atom. The highest BCUT2D eigenvalue weighted by Crippen LogP contribution is 2.39. The van der Waals surface area contributed by atoms with Crippen LogP contribution in [0, 0.1) is 12.8 Å². The summed E-state index contributed by atoms with van der Waals surface area (Å²) in [6.07, 6.45) is 3.62. The van der Waals surface area contributed by atoms with Crippen LogP contribution in [0.5, 0.6) is 0 Å². The van der Waals surface area contributed by atoms with Crippen molar-refractivity contribution in [3.05, 3.63) is 23.5 Å². The molecule has 2 aromatic rings. The number of aliphatic hydroxyl groups is 1. The Bertz CT molecular complexity index is 662. The lowest BCUT2D eigenvalue weighted by molar-refractivity contribution is 0.0824. The van der Waals surface area contributed by atoms with Crippen molar-refractivity contribution >= 4 is 16.9 Å². The molecule has 1 fully saturated rings. The lowest BCUT2D eigenvalue weighted by atomic mass is 9.96. The topological polar surface area (TPSA) is 90.9 Å². The maximum atomic E-state index is 12.3. The van der Waals surface area contributed by atoms with E-state index in [1.807, 2.05) is 13.8 Å². The van der Waals surface area contributed by atoms with E-state index < -0.39 is 5.54 Å². The van der Waals surface area contributed by atoms with E-state index in [1.54, 1.807) is 6.07 Å². The Balaban J connectivity index is 1.86. The van der Waals surface area contributed by atoms with Crippen molar-refractivity contribution in [1.82, 2.24) is 20.5 Å². The molecule has 1 aliphatic rings. The number of hydrogen-bond acceptors (Lipinski definition) is 4. The largest absolute Gasteiger partial charge is 0.394 e. The molecule has 3 N–H and O–H groups in total. The van der Waals surface area contributed by atoms with Crippen LogP contribution in [0.3, 0.4) is 0 Å². The van der Waals surface area contributed by atoms with Gasteiger partial charge in [-0.15, -0.1) is 0 Å². The predicted octanol–water partition coefficient (Wildman–Crippen LogP) is 1.16. The molecule has 0 spiro atoms. The third-order valence-corrected chi connectivity index (χ3v) is 4.07. The van der Waals surface area contributed by atoms with E-state index in [0.717, 1.165) is 23.9 Å². The van der Waals surface area contributed by atoms with Crippen molar-refractivity contribution in [1.29, 1.82) is 0 Å². The Morgan fingerprint density at radius 3 is 3.00 bits per heavy atom. The van der Waals surface area contributed by atoms with Gasteiger partial charge in [0.15, 0.2) is 5.65 Å². The number of aromatic amines is 1. The maximum Gasteiger partial charge on any atom is 0.253 e. The van der Waals surface area contributed by atoms with Gasteiger partial charge in [-0.1, -0.05) is 0 Å². The summed E-state index contributed by atoms with van der Waals surface area (Å²) in [5, 5.41) is 20.2. The van der Waals surface area contributed by atoms with E-state index in [0.29, 0.717) is 17.1 Å². The fourth-order valence-electron chi connectivity index (χ4n) is 2.47. The van der Waals surface area contributed by atoms with Gasteiger partial charge in [0, 0.05) is 17.3 Å². The molecule has 1 saturated carbocycles. The van der Waals surface area contributed by atoms with Crippen LogP contribution in [0.1, 0.15) is 35.8 Å². The Hall–Kier alpha value is -1.95. The quantitative estimate of drug-likeness (QED) is 0.780. The minimum atomic E-state index is -0.544. The molecule has 1 unspecified atom stereocenters. The third-order valence-electron chi connectivity index (χ3n) is 4.07. The molecule has 1 atom stereocenters. The smallest absolute Gasteiger partial charge is 0.253 e. The average molecular weight is 274 g/mol. The van der Waals surface area contributed by atoms with Gasteiger partial charge in [0.05, 0.1) is 17.7 Å². The summed E-state index contributed by atoms with van der Waals surface area (Å²) in [5.74, 6) is 0.159. The van der Waals surface area contributed by atoms with Gasteiger partial charge in [-0.25, -0.2) is 4.98 Å². The molecule has 6 nitrogen and oxygen atoms in total. The van der Waals surface area contributed by atoms with Crippen LogP contribution >= 0.6 is 0 Å². The molecule has 0 saturated heterocycles. The maximum absolute atomic E-state index is 12.3. The van der Waals surface area contributed by atoms with E-state index in [9.17, 15) is 9.90 Å². The zero-order valence-electron chi connectivity index (χ0n) is 11.6. The van der Waals surface area contributed by atoms with E-state index in [-0.39, 0.29) is 12.5 Å². The fourth-order valence-corrected chi connectivity index (χ4v) is 2.47. The summed E-state index contributed by atoms with van der Waals surface area (Å²) in [6.45, 7) is 3.72. The van der Waals surface area contributed by atoms with Crippen LogP contribution in [0.25, 0.3) is 11.0 Å². The molecule has 6 heteroatoms. The Labute approximate surface area is 116 Å². The molecular formula is C14H18N4O2. The SMILES string of the molecule is Cc1[nH]nc2ncc(C(=O)NC(C)(CO)C3CC3)cc12. The molecule has 2 aromatic heterocycles. The number of carbonyl (C=O) groups excluding carboxylic acids is 1. The first-order valence-corrected chi connectivity index (χ1v) is 6.77. The lowest BCUT2D eigenvalue weighted by Gasteiger charge is -2.28. The number of aliphatic hydroxyl groups excluding tert-OH is 1. The molecular weight excluding hydrogens is 256 g/mol. The highest BCUT2D eigenvalue weighted by molar-refractivity contribution is 5.97. The van der Waals surface area contributed by atoms with Gasteiger partial charge < -0.3 is 10.4 Å².